The predicted molar refractivity (Wildman–Crippen MR) is 112 cm³/mol. The molecule has 1 fully saturated rings. The number of rotatable bonds is 9. The molecule has 0 unspecified atom stereocenters. The van der Waals surface area contributed by atoms with Gasteiger partial charge in [-0.15, -0.1) is 0 Å². The molecule has 7 heteroatoms. The Kier molecular flexibility index (Phi) is 6.80. The van der Waals surface area contributed by atoms with Crippen molar-refractivity contribution in [3.05, 3.63) is 65.6 Å². The molecule has 1 saturated heterocycles. The minimum atomic E-state index is 0.517. The third kappa shape index (κ3) is 5.50. The third-order valence-electron chi connectivity index (χ3n) is 4.85. The Balaban J connectivity index is 1.24. The van der Waals surface area contributed by atoms with Crippen LogP contribution in [0.2, 0.25) is 0 Å². The van der Waals surface area contributed by atoms with Gasteiger partial charge < -0.3 is 23.9 Å². The lowest BCUT2D eigenvalue weighted by atomic mass is 10.2. The lowest BCUT2D eigenvalue weighted by molar-refractivity contribution is -0.00522. The first kappa shape index (κ1) is 20.2. The minimum Gasteiger partial charge on any atom is -0.494 e. The summed E-state index contributed by atoms with van der Waals surface area (Å²) in [5.41, 5.74) is 1.73. The molecule has 1 aliphatic rings. The van der Waals surface area contributed by atoms with E-state index in [2.05, 4.69) is 38.8 Å². The maximum absolute atomic E-state index is 5.77. The predicted octanol–water partition coefficient (Wildman–Crippen LogP) is 2.64. The van der Waals surface area contributed by atoms with E-state index in [-0.39, 0.29) is 0 Å². The number of imidazole rings is 1. The highest BCUT2D eigenvalue weighted by molar-refractivity contribution is 5.41. The monoisotopic (exact) mass is 406 g/mol. The van der Waals surface area contributed by atoms with Gasteiger partial charge in [0.2, 0.25) is 5.76 Å². The van der Waals surface area contributed by atoms with Crippen LogP contribution in [-0.4, -0.2) is 47.1 Å². The average Bonchev–Trinajstić information content (AvgIpc) is 3.38. The van der Waals surface area contributed by atoms with E-state index >= 15 is 0 Å². The van der Waals surface area contributed by atoms with Crippen LogP contribution in [0.25, 0.3) is 0 Å². The summed E-state index contributed by atoms with van der Waals surface area (Å²) in [5.74, 6) is 8.55. The van der Waals surface area contributed by atoms with Crippen LogP contribution in [0.3, 0.4) is 0 Å². The summed E-state index contributed by atoms with van der Waals surface area (Å²) in [5, 5.41) is 7.53. The van der Waals surface area contributed by atoms with E-state index < -0.39 is 0 Å². The van der Waals surface area contributed by atoms with Crippen molar-refractivity contribution >= 4 is 0 Å². The van der Waals surface area contributed by atoms with Crippen LogP contribution in [0.1, 0.15) is 36.2 Å². The number of hydrogen-bond acceptors (Lipinski definition) is 6. The molecule has 0 aliphatic carbocycles. The Morgan fingerprint density at radius 3 is 2.87 bits per heavy atom. The highest BCUT2D eigenvalue weighted by atomic mass is 16.5. The maximum Gasteiger partial charge on any atom is 0.210 e. The fraction of sp³-hybridized carbons (Fsp3) is 0.391. The molecule has 4 rings (SSSR count). The number of ether oxygens (including phenoxy) is 2. The molecule has 3 heterocycles. The molecule has 30 heavy (non-hydrogen) atoms. The van der Waals surface area contributed by atoms with E-state index in [0.717, 1.165) is 55.4 Å². The first-order valence-corrected chi connectivity index (χ1v) is 10.3. The summed E-state index contributed by atoms with van der Waals surface area (Å²) in [4.78, 5) is 4.32. The van der Waals surface area contributed by atoms with Crippen molar-refractivity contribution in [1.29, 1.82) is 0 Å². The van der Waals surface area contributed by atoms with Gasteiger partial charge in [-0.05, 0) is 43.2 Å². The van der Waals surface area contributed by atoms with Crippen LogP contribution < -0.4 is 10.1 Å². The van der Waals surface area contributed by atoms with Gasteiger partial charge in [0.1, 0.15) is 17.3 Å². The number of nitrogens with zero attached hydrogens (tertiary/aromatic N) is 3. The smallest absolute Gasteiger partial charge is 0.210 e. The minimum absolute atomic E-state index is 0.517. The molecule has 3 aromatic rings. The van der Waals surface area contributed by atoms with Gasteiger partial charge in [-0.1, -0.05) is 18.0 Å². The Morgan fingerprint density at radius 1 is 1.23 bits per heavy atom. The molecule has 156 valence electrons. The van der Waals surface area contributed by atoms with Gasteiger partial charge in [0, 0.05) is 30.4 Å². The zero-order chi connectivity index (χ0) is 20.6. The van der Waals surface area contributed by atoms with Crippen molar-refractivity contribution in [3.8, 4) is 17.6 Å². The Hall–Kier alpha value is -3.08. The highest BCUT2D eigenvalue weighted by Crippen LogP contribution is 2.12. The third-order valence-corrected chi connectivity index (χ3v) is 4.85. The number of nitrogens with one attached hydrogen (secondary N) is 1. The second kappa shape index (κ2) is 10.1. The number of aromatic nitrogens is 3. The molecule has 1 N–H and O–H groups in total. The van der Waals surface area contributed by atoms with Gasteiger partial charge in [-0.2, -0.15) is 0 Å². The molecule has 2 aromatic heterocycles. The summed E-state index contributed by atoms with van der Waals surface area (Å²) in [7, 11) is 0. The molecule has 0 atom stereocenters. The summed E-state index contributed by atoms with van der Waals surface area (Å²) < 4.78 is 18.3. The maximum atomic E-state index is 5.77. The standard InChI is InChI=1S/C23H26N4O3/c1-2-23-25-11-12-27(23)15-19-14-22(30-26-19)9-6-18-4-7-21(8-5-18)29-13-3-10-24-20-16-28-17-20/h4-5,7-8,11-12,14,20,24H,2-3,10,13,15-17H2,1H3. The van der Waals surface area contributed by atoms with Crippen LogP contribution >= 0.6 is 0 Å². The van der Waals surface area contributed by atoms with E-state index in [4.69, 9.17) is 14.0 Å². The van der Waals surface area contributed by atoms with Crippen molar-refractivity contribution in [2.75, 3.05) is 26.4 Å². The summed E-state index contributed by atoms with van der Waals surface area (Å²) in [6, 6.07) is 10.2. The zero-order valence-electron chi connectivity index (χ0n) is 17.1. The zero-order valence-corrected chi connectivity index (χ0v) is 17.1. The first-order chi connectivity index (χ1) is 14.8. The molecule has 0 amide bonds. The lowest BCUT2D eigenvalue weighted by Gasteiger charge is -2.26. The molecule has 1 aliphatic heterocycles. The van der Waals surface area contributed by atoms with Gasteiger partial charge in [0.25, 0.3) is 0 Å². The fourth-order valence-corrected chi connectivity index (χ4v) is 3.11. The summed E-state index contributed by atoms with van der Waals surface area (Å²) in [6.45, 7) is 5.98. The van der Waals surface area contributed by atoms with Crippen molar-refractivity contribution in [3.63, 3.8) is 0 Å². The average molecular weight is 406 g/mol. The molecule has 0 radical (unpaired) electrons. The van der Waals surface area contributed by atoms with Gasteiger partial charge in [0.15, 0.2) is 0 Å². The summed E-state index contributed by atoms with van der Waals surface area (Å²) in [6.07, 6.45) is 5.59. The first-order valence-electron chi connectivity index (χ1n) is 10.3. The van der Waals surface area contributed by atoms with Gasteiger partial charge in [0.05, 0.1) is 32.4 Å². The van der Waals surface area contributed by atoms with E-state index in [9.17, 15) is 0 Å². The molecular weight excluding hydrogens is 380 g/mol. The van der Waals surface area contributed by atoms with Crippen LogP contribution in [0, 0.1) is 11.8 Å². The normalized spacial score (nSPS) is 13.5. The van der Waals surface area contributed by atoms with Gasteiger partial charge >= 0.3 is 0 Å². The SMILES string of the molecule is CCc1nccn1Cc1cc(C#Cc2ccc(OCCCNC3COC3)cc2)on1. The lowest BCUT2D eigenvalue weighted by Crippen LogP contribution is -2.46. The topological polar surface area (TPSA) is 74.3 Å². The van der Waals surface area contributed by atoms with Crippen molar-refractivity contribution in [1.82, 2.24) is 20.0 Å². The van der Waals surface area contributed by atoms with Crippen LogP contribution in [-0.2, 0) is 17.7 Å². The Morgan fingerprint density at radius 2 is 2.10 bits per heavy atom. The van der Waals surface area contributed by atoms with E-state index in [0.29, 0.717) is 25.0 Å². The van der Waals surface area contributed by atoms with Crippen LogP contribution in [0.4, 0.5) is 0 Å². The van der Waals surface area contributed by atoms with E-state index in [1.54, 1.807) is 6.20 Å². The second-order valence-electron chi connectivity index (χ2n) is 7.17. The molecule has 0 saturated carbocycles. The molecule has 0 bridgehead atoms. The van der Waals surface area contributed by atoms with Crippen molar-refractivity contribution < 1.29 is 14.0 Å². The van der Waals surface area contributed by atoms with Gasteiger partial charge in [-0.25, -0.2) is 4.98 Å². The van der Waals surface area contributed by atoms with E-state index in [1.165, 1.54) is 0 Å². The van der Waals surface area contributed by atoms with Gasteiger partial charge in [-0.3, -0.25) is 0 Å². The number of benzene rings is 1. The number of hydrogen-bond donors (Lipinski definition) is 1. The van der Waals surface area contributed by atoms with Crippen LogP contribution in [0.15, 0.2) is 47.2 Å². The highest BCUT2D eigenvalue weighted by Gasteiger charge is 2.16. The fourth-order valence-electron chi connectivity index (χ4n) is 3.11. The molecule has 0 spiro atoms. The van der Waals surface area contributed by atoms with Crippen LogP contribution in [0.5, 0.6) is 5.75 Å². The Labute approximate surface area is 176 Å². The molecule has 1 aromatic carbocycles. The quantitative estimate of drug-likeness (QED) is 0.435. The molecular formula is C23H26N4O3. The van der Waals surface area contributed by atoms with E-state index in [1.807, 2.05) is 36.5 Å². The largest absolute Gasteiger partial charge is 0.494 e. The number of aryl methyl sites for hydroxylation is 1. The van der Waals surface area contributed by atoms with Crippen molar-refractivity contribution in [2.45, 2.75) is 32.4 Å². The molecule has 7 nitrogen and oxygen atoms in total. The summed E-state index contributed by atoms with van der Waals surface area (Å²) >= 11 is 0. The Bertz CT molecular complexity index is 993. The van der Waals surface area contributed by atoms with Crippen molar-refractivity contribution in [2.24, 2.45) is 0 Å². The second-order valence-corrected chi connectivity index (χ2v) is 7.17.